The molecule has 0 heterocycles. The van der Waals surface area contributed by atoms with Crippen molar-refractivity contribution in [3.05, 3.63) is 54.1 Å². The highest BCUT2D eigenvalue weighted by molar-refractivity contribution is 5.94. The van der Waals surface area contributed by atoms with Crippen molar-refractivity contribution < 1.29 is 32.4 Å². The van der Waals surface area contributed by atoms with Crippen molar-refractivity contribution >= 4 is 23.2 Å². The van der Waals surface area contributed by atoms with Gasteiger partial charge < -0.3 is 20.3 Å². The van der Waals surface area contributed by atoms with Crippen molar-refractivity contribution in [2.75, 3.05) is 31.3 Å². The van der Waals surface area contributed by atoms with Crippen LogP contribution in [0.1, 0.15) is 12.5 Å². The number of carbonyl (C=O) groups is 2. The molecule has 9 heteroatoms. The van der Waals surface area contributed by atoms with Crippen LogP contribution in [0.4, 0.5) is 24.5 Å². The molecule has 2 atom stereocenters. The third-order valence-electron chi connectivity index (χ3n) is 4.43. The number of hydrogen-bond acceptors (Lipinski definition) is 3. The summed E-state index contributed by atoms with van der Waals surface area (Å²) in [5, 5.41) is 5.30. The summed E-state index contributed by atoms with van der Waals surface area (Å²) in [6, 6.07) is 10.4. The number of rotatable bonds is 7. The molecule has 0 aliphatic rings. The summed E-state index contributed by atoms with van der Waals surface area (Å²) in [4.78, 5) is 25.2. The fourth-order valence-electron chi connectivity index (χ4n) is 2.50. The standard InChI is InChI=1S/C20H22F3N3O3/c1-13(19(28)25-16-6-4-14(5-7-16)20(21,22)23)26(2)12-18(27)24-15-8-10-17(29-3)11-9-15/h4-11,13H,12H2,1-3H3,(H,24,27)(H,25,28)/p+1/t13-/m0/s1. The highest BCUT2D eigenvalue weighted by Gasteiger charge is 2.30. The van der Waals surface area contributed by atoms with Gasteiger partial charge in [0.1, 0.15) is 5.75 Å². The van der Waals surface area contributed by atoms with Gasteiger partial charge in [-0.05, 0) is 55.5 Å². The lowest BCUT2D eigenvalue weighted by molar-refractivity contribution is -0.885. The molecule has 2 rings (SSSR count). The molecule has 2 aromatic rings. The van der Waals surface area contributed by atoms with Gasteiger partial charge in [-0.2, -0.15) is 13.2 Å². The van der Waals surface area contributed by atoms with Crippen molar-refractivity contribution in [3.8, 4) is 5.75 Å². The van der Waals surface area contributed by atoms with Gasteiger partial charge in [0.25, 0.3) is 11.8 Å². The van der Waals surface area contributed by atoms with Crippen molar-refractivity contribution in [3.63, 3.8) is 0 Å². The summed E-state index contributed by atoms with van der Waals surface area (Å²) in [6.45, 7) is 1.67. The van der Waals surface area contributed by atoms with Gasteiger partial charge in [-0.1, -0.05) is 0 Å². The zero-order chi connectivity index (χ0) is 21.6. The van der Waals surface area contributed by atoms with E-state index in [4.69, 9.17) is 4.74 Å². The number of ether oxygens (including phenoxy) is 1. The minimum Gasteiger partial charge on any atom is -0.497 e. The maximum Gasteiger partial charge on any atom is 0.416 e. The highest BCUT2D eigenvalue weighted by Crippen LogP contribution is 2.29. The Labute approximate surface area is 166 Å². The molecule has 3 N–H and O–H groups in total. The predicted molar refractivity (Wildman–Crippen MR) is 103 cm³/mol. The molecule has 0 spiro atoms. The van der Waals surface area contributed by atoms with Gasteiger partial charge >= 0.3 is 6.18 Å². The average Bonchev–Trinajstić information content (AvgIpc) is 2.67. The Morgan fingerprint density at radius 1 is 1.00 bits per heavy atom. The minimum atomic E-state index is -4.43. The number of nitrogens with one attached hydrogen (secondary N) is 3. The van der Waals surface area contributed by atoms with Crippen LogP contribution in [0.5, 0.6) is 5.75 Å². The van der Waals surface area contributed by atoms with Crippen LogP contribution in [0.25, 0.3) is 0 Å². The first-order valence-electron chi connectivity index (χ1n) is 8.84. The number of quaternary nitrogens is 1. The van der Waals surface area contributed by atoms with Gasteiger partial charge in [0, 0.05) is 11.4 Å². The zero-order valence-electron chi connectivity index (χ0n) is 16.3. The lowest BCUT2D eigenvalue weighted by Crippen LogP contribution is -3.14. The molecule has 29 heavy (non-hydrogen) atoms. The van der Waals surface area contributed by atoms with Crippen LogP contribution in [-0.4, -0.2) is 38.6 Å². The van der Waals surface area contributed by atoms with E-state index < -0.39 is 23.7 Å². The van der Waals surface area contributed by atoms with Gasteiger partial charge in [0.15, 0.2) is 12.6 Å². The number of likely N-dealkylation sites (N-methyl/N-ethyl adjacent to an activating group) is 1. The summed E-state index contributed by atoms with van der Waals surface area (Å²) in [5.74, 6) is -0.0133. The summed E-state index contributed by atoms with van der Waals surface area (Å²) in [6.07, 6.45) is -4.43. The van der Waals surface area contributed by atoms with Crippen molar-refractivity contribution in [2.45, 2.75) is 19.1 Å². The third-order valence-corrected chi connectivity index (χ3v) is 4.43. The Bertz CT molecular complexity index is 837. The molecule has 156 valence electrons. The second-order valence-electron chi connectivity index (χ2n) is 6.59. The number of amides is 2. The molecule has 0 aliphatic heterocycles. The van der Waals surface area contributed by atoms with E-state index in [1.165, 1.54) is 12.1 Å². The first-order chi connectivity index (χ1) is 13.6. The molecule has 0 fully saturated rings. The summed E-state index contributed by atoms with van der Waals surface area (Å²) < 4.78 is 42.8. The Kier molecular flexibility index (Phi) is 7.22. The van der Waals surface area contributed by atoms with Gasteiger partial charge in [-0.15, -0.1) is 0 Å². The Balaban J connectivity index is 1.88. The van der Waals surface area contributed by atoms with Crippen molar-refractivity contribution in [2.24, 2.45) is 0 Å². The molecular weight excluding hydrogens is 387 g/mol. The van der Waals surface area contributed by atoms with Crippen molar-refractivity contribution in [1.29, 1.82) is 0 Å². The number of alkyl halides is 3. The quantitative estimate of drug-likeness (QED) is 0.655. The van der Waals surface area contributed by atoms with Crippen LogP contribution in [0.3, 0.4) is 0 Å². The summed E-state index contributed by atoms with van der Waals surface area (Å²) in [7, 11) is 3.23. The Morgan fingerprint density at radius 2 is 1.52 bits per heavy atom. The van der Waals surface area contributed by atoms with E-state index in [2.05, 4.69) is 10.6 Å². The largest absolute Gasteiger partial charge is 0.497 e. The summed E-state index contributed by atoms with van der Waals surface area (Å²) >= 11 is 0. The van der Waals surface area contributed by atoms with E-state index in [0.717, 1.165) is 12.1 Å². The minimum absolute atomic E-state index is 0.0353. The maximum absolute atomic E-state index is 12.6. The SMILES string of the molecule is COc1ccc(NC(=O)C[NH+](C)[C@@H](C)C(=O)Nc2ccc(C(F)(F)F)cc2)cc1. The molecule has 0 saturated heterocycles. The number of halogens is 3. The zero-order valence-corrected chi connectivity index (χ0v) is 16.3. The van der Waals surface area contributed by atoms with Gasteiger partial charge in [0.05, 0.1) is 19.7 Å². The summed E-state index contributed by atoms with van der Waals surface area (Å²) in [5.41, 5.74) is 0.0669. The van der Waals surface area contributed by atoms with E-state index >= 15 is 0 Å². The molecule has 2 aromatic carbocycles. The normalized spacial score (nSPS) is 13.3. The molecule has 0 radical (unpaired) electrons. The van der Waals surface area contributed by atoms with E-state index in [-0.39, 0.29) is 18.1 Å². The number of hydrogen-bond donors (Lipinski definition) is 3. The van der Waals surface area contributed by atoms with E-state index in [1.807, 2.05) is 0 Å². The smallest absolute Gasteiger partial charge is 0.416 e. The number of benzene rings is 2. The molecule has 0 bridgehead atoms. The molecule has 1 unspecified atom stereocenters. The van der Waals surface area contributed by atoms with E-state index in [1.54, 1.807) is 45.3 Å². The number of methoxy groups -OCH3 is 1. The van der Waals surface area contributed by atoms with Crippen LogP contribution in [0, 0.1) is 0 Å². The van der Waals surface area contributed by atoms with Gasteiger partial charge in [-0.25, -0.2) is 0 Å². The van der Waals surface area contributed by atoms with Gasteiger partial charge in [0.2, 0.25) is 0 Å². The molecule has 0 aromatic heterocycles. The molecule has 6 nitrogen and oxygen atoms in total. The first kappa shape index (κ1) is 22.2. The van der Waals surface area contributed by atoms with Crippen LogP contribution < -0.4 is 20.3 Å². The van der Waals surface area contributed by atoms with Crippen LogP contribution >= 0.6 is 0 Å². The van der Waals surface area contributed by atoms with E-state index in [0.29, 0.717) is 16.3 Å². The maximum atomic E-state index is 12.6. The second kappa shape index (κ2) is 9.42. The number of carbonyl (C=O) groups excluding carboxylic acids is 2. The molecule has 0 aliphatic carbocycles. The monoisotopic (exact) mass is 410 g/mol. The lowest BCUT2D eigenvalue weighted by atomic mass is 10.2. The Morgan fingerprint density at radius 3 is 2.03 bits per heavy atom. The van der Waals surface area contributed by atoms with Crippen LogP contribution in [0.2, 0.25) is 0 Å². The lowest BCUT2D eigenvalue weighted by Gasteiger charge is -2.20. The van der Waals surface area contributed by atoms with Crippen LogP contribution in [-0.2, 0) is 15.8 Å². The molecule has 2 amide bonds. The fraction of sp³-hybridized carbons (Fsp3) is 0.300. The van der Waals surface area contributed by atoms with Crippen molar-refractivity contribution in [1.82, 2.24) is 0 Å². The predicted octanol–water partition coefficient (Wildman–Crippen LogP) is 2.19. The number of anilines is 2. The molecule has 0 saturated carbocycles. The van der Waals surface area contributed by atoms with Crippen LogP contribution in [0.15, 0.2) is 48.5 Å². The van der Waals surface area contributed by atoms with Gasteiger partial charge in [-0.3, -0.25) is 9.59 Å². The average molecular weight is 410 g/mol. The second-order valence-corrected chi connectivity index (χ2v) is 6.59. The fourth-order valence-corrected chi connectivity index (χ4v) is 2.50. The topological polar surface area (TPSA) is 71.9 Å². The Hall–Kier alpha value is -3.07. The first-order valence-corrected chi connectivity index (χ1v) is 8.84. The highest BCUT2D eigenvalue weighted by atomic mass is 19.4. The molecular formula is C20H23F3N3O3+. The van der Waals surface area contributed by atoms with E-state index in [9.17, 15) is 22.8 Å². The third kappa shape index (κ3) is 6.49.